The molecule has 33 heteroatoms. The van der Waals surface area contributed by atoms with Gasteiger partial charge in [-0.2, -0.15) is 9.97 Å². The number of esters is 2. The summed E-state index contributed by atoms with van der Waals surface area (Å²) in [6.07, 6.45) is -2.80. The second-order valence-corrected chi connectivity index (χ2v) is 18.5. The average molecular weight is 1180 g/mol. The number of imidazole rings is 2. The van der Waals surface area contributed by atoms with Gasteiger partial charge < -0.3 is 84.4 Å². The summed E-state index contributed by atoms with van der Waals surface area (Å²) in [5.74, 6) is -0.139. The van der Waals surface area contributed by atoms with Gasteiger partial charge in [0.2, 0.25) is 11.9 Å². The lowest BCUT2D eigenvalue weighted by Gasteiger charge is -2.20. The summed E-state index contributed by atoms with van der Waals surface area (Å²) in [5, 5.41) is 25.6. The fourth-order valence-corrected chi connectivity index (χ4v) is 9.58. The molecule has 0 spiro atoms. The number of aromatic nitrogens is 10. The third kappa shape index (κ3) is 13.1. The Morgan fingerprint density at radius 1 is 0.619 bits per heavy atom. The number of nitrogens with zero attached hydrogens (tertiary/aromatic N) is 8. The van der Waals surface area contributed by atoms with Crippen LogP contribution in [0, 0.1) is 0 Å². The Bertz CT molecular complexity index is 3510. The van der Waals surface area contributed by atoms with Crippen LogP contribution in [0.5, 0.6) is 0 Å². The highest BCUT2D eigenvalue weighted by atomic mass is 16.8. The summed E-state index contributed by atoms with van der Waals surface area (Å²) in [4.78, 5) is 97.4. The van der Waals surface area contributed by atoms with E-state index in [1.165, 1.54) is 42.8 Å². The van der Waals surface area contributed by atoms with E-state index >= 15 is 0 Å². The van der Waals surface area contributed by atoms with Gasteiger partial charge in [0.25, 0.3) is 11.1 Å². The average Bonchev–Trinajstić information content (AvgIpc) is 3.27. The topological polar surface area (TPSA) is 423 Å². The highest BCUT2D eigenvalue weighted by Gasteiger charge is 2.56. The molecule has 2 unspecified atom stereocenters. The van der Waals surface area contributed by atoms with Gasteiger partial charge in [-0.1, -0.05) is 19.6 Å². The minimum absolute atomic E-state index is 0. The van der Waals surface area contributed by atoms with Crippen molar-refractivity contribution in [3.05, 3.63) is 115 Å². The SMILES string of the molecule is C.C=CCn1c(=O)n([C@@H]2O[C@H](CO)[C@H]3OC(COCCOC(=O)c4ccc(NC)nc4)O[C@H]32)c2nc(N)[nH]c(=O)c21.C=CCn1c(=O)n([C@@H]2O[C@H](CO)[C@H]3OC(COCCOCCOC(=O)c4ccc(NC)nc4)O[C@H]32)c2nc(N)[nH]c(=O)c21. The molecular formula is C51H66N14O19. The number of hydrogen-bond acceptors (Lipinski definition) is 27. The number of carbonyl (C=O) groups is 2. The molecule has 0 aliphatic carbocycles. The summed E-state index contributed by atoms with van der Waals surface area (Å²) >= 11 is 0. The molecule has 84 heavy (non-hydrogen) atoms. The van der Waals surface area contributed by atoms with Gasteiger partial charge in [0.15, 0.2) is 47.4 Å². The molecule has 0 aromatic carbocycles. The fourth-order valence-electron chi connectivity index (χ4n) is 9.58. The normalized spacial score (nSPS) is 23.1. The van der Waals surface area contributed by atoms with Crippen LogP contribution in [0.3, 0.4) is 0 Å². The summed E-state index contributed by atoms with van der Waals surface area (Å²) in [7, 11) is 3.45. The van der Waals surface area contributed by atoms with E-state index in [1.807, 2.05) is 0 Å². The number of nitrogens with one attached hydrogen (secondary N) is 4. The summed E-state index contributed by atoms with van der Waals surface area (Å²) in [5.41, 5.74) is 9.76. The minimum atomic E-state index is -1.08. The van der Waals surface area contributed by atoms with E-state index in [2.05, 4.69) is 53.7 Å². The minimum Gasteiger partial charge on any atom is -0.460 e. The number of nitrogens with two attached hydrogens (primary N) is 2. The molecule has 0 saturated carbocycles. The fraction of sp³-hybridized carbons (Fsp3) is 0.490. The first-order valence-corrected chi connectivity index (χ1v) is 25.9. The Morgan fingerprint density at radius 2 is 1.01 bits per heavy atom. The van der Waals surface area contributed by atoms with Crippen LogP contribution in [0.15, 0.2) is 81.1 Å². The van der Waals surface area contributed by atoms with Crippen molar-refractivity contribution in [1.29, 1.82) is 0 Å². The van der Waals surface area contributed by atoms with Crippen LogP contribution in [0.25, 0.3) is 22.3 Å². The van der Waals surface area contributed by atoms with Gasteiger partial charge >= 0.3 is 23.3 Å². The van der Waals surface area contributed by atoms with Crippen molar-refractivity contribution in [3.63, 3.8) is 0 Å². The zero-order valence-corrected chi connectivity index (χ0v) is 44.9. The standard InChI is InChI=1S/C26H33N7O10.C24H29N7O9.CH4/c1-3-6-32-18-21(30-25(27)31-22(18)35)33(26(32)37)23-20-19(15(12-34)41-23)42-17(43-20)13-39-8-7-38-9-10-40-24(36)14-4-5-16(28-2)29-11-14;1-3-6-30-16-19(28-23(25)29-20(16)33)31(24(30)35)21-18-17(13(10-32)38-21)39-15(40-18)11-36-7-8-37-22(34)12-4-5-14(26-2)27-9-12;/h3-5,11,15,17,19-20,23,34H,1,6-10,12-13H2,2H3,(H,28,29)(H3,27,30,31,35);3-5,9,13,15,17-18,21,32H,1,6-8,10-11H2,2H3,(H,26,27)(H3,25,28,29,33);1H4/t15-,17?,19-,20-,23-;13-,15?,17-,18-,21-;/m11./s1. The maximum Gasteiger partial charge on any atom is 0.339 e. The second-order valence-electron chi connectivity index (χ2n) is 18.5. The number of hydrogen-bond donors (Lipinski definition) is 8. The monoisotopic (exact) mass is 1180 g/mol. The number of allylic oxidation sites excluding steroid dienone is 2. The molecule has 33 nitrogen and oxygen atoms in total. The molecule has 0 amide bonds. The van der Waals surface area contributed by atoms with Gasteiger partial charge in [0.05, 0.1) is 64.0 Å². The summed E-state index contributed by atoms with van der Waals surface area (Å²) < 4.78 is 67.4. The highest BCUT2D eigenvalue weighted by Crippen LogP contribution is 2.41. The molecule has 6 aromatic heterocycles. The van der Waals surface area contributed by atoms with Crippen molar-refractivity contribution in [2.45, 2.75) is 82.2 Å². The molecule has 454 valence electrons. The maximum absolute atomic E-state index is 13.4. The first-order valence-electron chi connectivity index (χ1n) is 25.9. The van der Waals surface area contributed by atoms with E-state index in [0.717, 1.165) is 0 Å². The number of ether oxygens (including phenoxy) is 11. The number of aliphatic hydroxyl groups excluding tert-OH is 2. The van der Waals surface area contributed by atoms with Crippen molar-refractivity contribution in [1.82, 2.24) is 48.2 Å². The molecule has 0 bridgehead atoms. The van der Waals surface area contributed by atoms with E-state index < -0.39 is 109 Å². The van der Waals surface area contributed by atoms with Crippen LogP contribution in [-0.2, 0) is 65.2 Å². The number of anilines is 4. The number of fused-ring (bicyclic) bond motifs is 4. The highest BCUT2D eigenvalue weighted by molar-refractivity contribution is 5.89. The van der Waals surface area contributed by atoms with Crippen LogP contribution >= 0.6 is 0 Å². The van der Waals surface area contributed by atoms with Gasteiger partial charge in [-0.05, 0) is 24.3 Å². The lowest BCUT2D eigenvalue weighted by Crippen LogP contribution is -2.34. The van der Waals surface area contributed by atoms with E-state index in [4.69, 9.17) is 63.6 Å². The van der Waals surface area contributed by atoms with Crippen molar-refractivity contribution < 1.29 is 71.9 Å². The van der Waals surface area contributed by atoms with Crippen LogP contribution in [-0.4, -0.2) is 200 Å². The smallest absolute Gasteiger partial charge is 0.339 e. The number of aromatic amines is 2. The molecule has 10 N–H and O–H groups in total. The van der Waals surface area contributed by atoms with Gasteiger partial charge in [0.1, 0.15) is 61.5 Å². The number of nitrogen functional groups attached to an aromatic ring is 2. The van der Waals surface area contributed by atoms with Crippen LogP contribution in [0.2, 0.25) is 0 Å². The quantitative estimate of drug-likeness (QED) is 0.0185. The zero-order valence-electron chi connectivity index (χ0n) is 44.9. The van der Waals surface area contributed by atoms with Crippen LogP contribution in [0.1, 0.15) is 40.6 Å². The molecule has 4 saturated heterocycles. The predicted molar refractivity (Wildman–Crippen MR) is 295 cm³/mol. The van der Waals surface area contributed by atoms with Crippen molar-refractivity contribution >= 4 is 57.8 Å². The van der Waals surface area contributed by atoms with E-state index in [1.54, 1.807) is 38.4 Å². The van der Waals surface area contributed by atoms with Crippen molar-refractivity contribution in [2.24, 2.45) is 0 Å². The van der Waals surface area contributed by atoms with Gasteiger partial charge in [-0.25, -0.2) is 38.3 Å². The lowest BCUT2D eigenvalue weighted by molar-refractivity contribution is -0.172. The predicted octanol–water partition coefficient (Wildman–Crippen LogP) is -1.42. The number of H-pyrrole nitrogens is 2. The van der Waals surface area contributed by atoms with E-state index in [-0.39, 0.29) is 108 Å². The Hall–Kier alpha value is -8.22. The van der Waals surface area contributed by atoms with Crippen LogP contribution in [0.4, 0.5) is 23.5 Å². The summed E-state index contributed by atoms with van der Waals surface area (Å²) in [6.45, 7) is 7.26. The molecular weight excluding hydrogens is 1110 g/mol. The number of carbonyl (C=O) groups excluding carboxylic acids is 2. The first-order chi connectivity index (χ1) is 40.2. The molecule has 6 aromatic rings. The lowest BCUT2D eigenvalue weighted by atomic mass is 10.1. The molecule has 4 aliphatic heterocycles. The first kappa shape index (κ1) is 61.8. The third-order valence-electron chi connectivity index (χ3n) is 13.3. The zero-order chi connectivity index (χ0) is 58.9. The number of pyridine rings is 2. The van der Waals surface area contributed by atoms with Gasteiger partial charge in [-0.15, -0.1) is 13.2 Å². The molecule has 4 aliphatic rings. The van der Waals surface area contributed by atoms with Crippen LogP contribution < -0.4 is 44.6 Å². The largest absolute Gasteiger partial charge is 0.460 e. The second kappa shape index (κ2) is 27.9. The molecule has 10 atom stereocenters. The van der Waals surface area contributed by atoms with Gasteiger partial charge in [0, 0.05) is 39.6 Å². The Morgan fingerprint density at radius 3 is 1.39 bits per heavy atom. The molecule has 0 radical (unpaired) electrons. The van der Waals surface area contributed by atoms with Crippen molar-refractivity contribution in [3.8, 4) is 0 Å². The van der Waals surface area contributed by atoms with E-state index in [9.17, 15) is 39.0 Å². The number of aliphatic hydroxyl groups is 2. The van der Waals surface area contributed by atoms with Gasteiger partial charge in [-0.3, -0.25) is 28.7 Å². The van der Waals surface area contributed by atoms with Crippen molar-refractivity contribution in [2.75, 3.05) is 102 Å². The Balaban J connectivity index is 0.000000217. The maximum atomic E-state index is 13.4. The summed E-state index contributed by atoms with van der Waals surface area (Å²) in [6, 6.07) is 6.54. The molecule has 4 fully saturated rings. The molecule has 10 heterocycles. The Labute approximate surface area is 475 Å². The molecule has 10 rings (SSSR count). The van der Waals surface area contributed by atoms with E-state index in [0.29, 0.717) is 22.8 Å². The third-order valence-corrected chi connectivity index (χ3v) is 13.3. The Kier molecular flexibility index (Phi) is 20.5. The number of rotatable bonds is 25.